The summed E-state index contributed by atoms with van der Waals surface area (Å²) in [5.41, 5.74) is 3.36. The second kappa shape index (κ2) is 12.8. The Labute approximate surface area is 189 Å². The Bertz CT molecular complexity index is 764. The summed E-state index contributed by atoms with van der Waals surface area (Å²) in [6, 6.07) is 15.2. The molecule has 0 aliphatic carbocycles. The van der Waals surface area contributed by atoms with Gasteiger partial charge >= 0.3 is 0 Å². The smallest absolute Gasteiger partial charge is 0.191 e. The van der Waals surface area contributed by atoms with Crippen LogP contribution in [-0.2, 0) is 24.4 Å². The molecule has 0 aromatic heterocycles. The fraction of sp³-hybridized carbons (Fsp3) is 0.409. The lowest BCUT2D eigenvalue weighted by Crippen LogP contribution is -2.36. The van der Waals surface area contributed by atoms with E-state index in [9.17, 15) is 4.39 Å². The number of aliphatic imine (C=N–C) groups is 1. The summed E-state index contributed by atoms with van der Waals surface area (Å²) in [5.74, 6) is 0.493. The van der Waals surface area contributed by atoms with Gasteiger partial charge in [0.15, 0.2) is 5.96 Å². The van der Waals surface area contributed by atoms with Gasteiger partial charge in [-0.1, -0.05) is 36.4 Å². The van der Waals surface area contributed by atoms with Gasteiger partial charge < -0.3 is 15.4 Å². The van der Waals surface area contributed by atoms with Crippen LogP contribution >= 0.6 is 24.0 Å². The van der Waals surface area contributed by atoms with Crippen LogP contribution in [0, 0.1) is 5.82 Å². The Morgan fingerprint density at radius 2 is 1.76 bits per heavy atom. The molecular formula is C22H30FIN4O. The number of halogens is 2. The monoisotopic (exact) mass is 512 g/mol. The SMILES string of the molecule is CCNC(=NCc1cccc(F)c1)NCc1ccc(CN2CCOCC2)cc1.I. The van der Waals surface area contributed by atoms with Gasteiger partial charge in [-0.3, -0.25) is 4.90 Å². The van der Waals surface area contributed by atoms with Crippen molar-refractivity contribution in [3.05, 3.63) is 71.0 Å². The van der Waals surface area contributed by atoms with Gasteiger partial charge in [-0.2, -0.15) is 0 Å². The predicted octanol–water partition coefficient (Wildman–Crippen LogP) is 3.53. The van der Waals surface area contributed by atoms with E-state index >= 15 is 0 Å². The Morgan fingerprint density at radius 1 is 1.03 bits per heavy atom. The maximum atomic E-state index is 13.3. The lowest BCUT2D eigenvalue weighted by Gasteiger charge is -2.26. The van der Waals surface area contributed by atoms with Crippen LogP contribution in [0.5, 0.6) is 0 Å². The van der Waals surface area contributed by atoms with Gasteiger partial charge in [0.05, 0.1) is 19.8 Å². The summed E-state index contributed by atoms with van der Waals surface area (Å²) in [5, 5.41) is 6.57. The van der Waals surface area contributed by atoms with Crippen molar-refractivity contribution in [2.75, 3.05) is 32.8 Å². The number of benzene rings is 2. The van der Waals surface area contributed by atoms with Crippen LogP contribution in [0.4, 0.5) is 4.39 Å². The molecule has 5 nitrogen and oxygen atoms in total. The van der Waals surface area contributed by atoms with Gasteiger partial charge in [0.25, 0.3) is 0 Å². The Balaban J connectivity index is 0.00000300. The van der Waals surface area contributed by atoms with Crippen molar-refractivity contribution in [3.63, 3.8) is 0 Å². The van der Waals surface area contributed by atoms with Gasteiger partial charge in [-0.25, -0.2) is 9.38 Å². The van der Waals surface area contributed by atoms with E-state index in [1.807, 2.05) is 13.0 Å². The predicted molar refractivity (Wildman–Crippen MR) is 126 cm³/mol. The van der Waals surface area contributed by atoms with E-state index in [2.05, 4.69) is 44.8 Å². The molecule has 0 bridgehead atoms. The van der Waals surface area contributed by atoms with Crippen molar-refractivity contribution in [2.24, 2.45) is 4.99 Å². The summed E-state index contributed by atoms with van der Waals surface area (Å²) in [6.07, 6.45) is 0. The minimum Gasteiger partial charge on any atom is -0.379 e. The van der Waals surface area contributed by atoms with E-state index in [1.165, 1.54) is 23.3 Å². The quantitative estimate of drug-likeness (QED) is 0.339. The third-order valence-electron chi connectivity index (χ3n) is 4.65. The average molecular weight is 512 g/mol. The number of ether oxygens (including phenoxy) is 1. The second-order valence-electron chi connectivity index (χ2n) is 6.88. The van der Waals surface area contributed by atoms with Gasteiger partial charge in [-0.15, -0.1) is 24.0 Å². The van der Waals surface area contributed by atoms with Gasteiger partial charge in [0.2, 0.25) is 0 Å². The van der Waals surface area contributed by atoms with Crippen LogP contribution in [0.1, 0.15) is 23.6 Å². The highest BCUT2D eigenvalue weighted by atomic mass is 127. The highest BCUT2D eigenvalue weighted by Gasteiger charge is 2.10. The van der Waals surface area contributed by atoms with Gasteiger partial charge in [0.1, 0.15) is 5.82 Å². The molecule has 158 valence electrons. The van der Waals surface area contributed by atoms with E-state index < -0.39 is 0 Å². The van der Waals surface area contributed by atoms with Crippen molar-refractivity contribution in [3.8, 4) is 0 Å². The summed E-state index contributed by atoms with van der Waals surface area (Å²) in [7, 11) is 0. The first-order chi connectivity index (χ1) is 13.7. The molecule has 2 aromatic carbocycles. The van der Waals surface area contributed by atoms with E-state index in [0.717, 1.165) is 50.9 Å². The second-order valence-corrected chi connectivity index (χ2v) is 6.88. The van der Waals surface area contributed by atoms with E-state index in [-0.39, 0.29) is 29.8 Å². The van der Waals surface area contributed by atoms with Crippen molar-refractivity contribution in [2.45, 2.75) is 26.6 Å². The van der Waals surface area contributed by atoms with Crippen LogP contribution in [0.2, 0.25) is 0 Å². The lowest BCUT2D eigenvalue weighted by molar-refractivity contribution is 0.0342. The molecule has 0 amide bonds. The van der Waals surface area contributed by atoms with Crippen molar-refractivity contribution >= 4 is 29.9 Å². The molecule has 1 aliphatic heterocycles. The minimum absolute atomic E-state index is 0. The third kappa shape index (κ3) is 8.28. The molecule has 3 rings (SSSR count). The number of rotatable bonds is 7. The summed E-state index contributed by atoms with van der Waals surface area (Å²) >= 11 is 0. The lowest BCUT2D eigenvalue weighted by atomic mass is 10.1. The molecule has 1 heterocycles. The van der Waals surface area contributed by atoms with Crippen molar-refractivity contribution in [1.82, 2.24) is 15.5 Å². The number of nitrogens with zero attached hydrogens (tertiary/aromatic N) is 2. The maximum absolute atomic E-state index is 13.3. The molecule has 29 heavy (non-hydrogen) atoms. The first kappa shape index (κ1) is 23.6. The zero-order valence-electron chi connectivity index (χ0n) is 16.9. The highest BCUT2D eigenvalue weighted by Crippen LogP contribution is 2.09. The largest absolute Gasteiger partial charge is 0.379 e. The topological polar surface area (TPSA) is 48.9 Å². The molecule has 0 saturated carbocycles. The van der Waals surface area contributed by atoms with Crippen LogP contribution in [0.15, 0.2) is 53.5 Å². The summed E-state index contributed by atoms with van der Waals surface area (Å²) < 4.78 is 18.7. The molecule has 0 radical (unpaired) electrons. The highest BCUT2D eigenvalue weighted by molar-refractivity contribution is 14.0. The Morgan fingerprint density at radius 3 is 2.45 bits per heavy atom. The molecule has 0 spiro atoms. The minimum atomic E-state index is -0.233. The van der Waals surface area contributed by atoms with E-state index in [1.54, 1.807) is 6.07 Å². The molecule has 7 heteroatoms. The molecule has 0 atom stereocenters. The molecule has 0 unspecified atom stereocenters. The molecule has 2 N–H and O–H groups in total. The van der Waals surface area contributed by atoms with Crippen molar-refractivity contribution in [1.29, 1.82) is 0 Å². The summed E-state index contributed by atoms with van der Waals surface area (Å²) in [6.45, 7) is 8.53. The average Bonchev–Trinajstić information content (AvgIpc) is 2.72. The maximum Gasteiger partial charge on any atom is 0.191 e. The third-order valence-corrected chi connectivity index (χ3v) is 4.65. The fourth-order valence-electron chi connectivity index (χ4n) is 3.11. The first-order valence-electron chi connectivity index (χ1n) is 9.87. The van der Waals surface area contributed by atoms with Crippen molar-refractivity contribution < 1.29 is 9.13 Å². The fourth-order valence-corrected chi connectivity index (χ4v) is 3.11. The Kier molecular flexibility index (Phi) is 10.4. The zero-order valence-corrected chi connectivity index (χ0v) is 19.2. The normalized spacial score (nSPS) is 14.9. The van der Waals surface area contributed by atoms with E-state index in [0.29, 0.717) is 13.1 Å². The zero-order chi connectivity index (χ0) is 19.6. The molecule has 1 aliphatic rings. The number of morpholine rings is 1. The number of nitrogens with one attached hydrogen (secondary N) is 2. The molecule has 1 saturated heterocycles. The molecule has 2 aromatic rings. The number of guanidine groups is 1. The number of hydrogen-bond acceptors (Lipinski definition) is 3. The van der Waals surface area contributed by atoms with Crippen LogP contribution in [-0.4, -0.2) is 43.7 Å². The summed E-state index contributed by atoms with van der Waals surface area (Å²) in [4.78, 5) is 6.96. The Hall–Kier alpha value is -1.71. The van der Waals surface area contributed by atoms with E-state index in [4.69, 9.17) is 4.74 Å². The van der Waals surface area contributed by atoms with Gasteiger partial charge in [0, 0.05) is 32.7 Å². The molecular weight excluding hydrogens is 482 g/mol. The standard InChI is InChI=1S/C22H29FN4O.HI/c1-2-24-22(26-16-20-4-3-5-21(23)14-20)25-15-18-6-8-19(9-7-18)17-27-10-12-28-13-11-27;/h3-9,14H,2,10-13,15-17H2,1H3,(H2,24,25,26);1H. The molecule has 1 fully saturated rings. The first-order valence-corrected chi connectivity index (χ1v) is 9.87. The number of hydrogen-bond donors (Lipinski definition) is 2. The van der Waals surface area contributed by atoms with Gasteiger partial charge in [-0.05, 0) is 35.7 Å². The van der Waals surface area contributed by atoms with Crippen LogP contribution in [0.3, 0.4) is 0 Å². The van der Waals surface area contributed by atoms with Crippen LogP contribution in [0.25, 0.3) is 0 Å². The van der Waals surface area contributed by atoms with Crippen LogP contribution < -0.4 is 10.6 Å².